The second kappa shape index (κ2) is 4.99. The van der Waals surface area contributed by atoms with Gasteiger partial charge in [-0.2, -0.15) is 0 Å². The Balaban J connectivity index is 2.76. The monoisotopic (exact) mass is 211 g/mol. The molecule has 0 radical (unpaired) electrons. The zero-order chi connectivity index (χ0) is 11.3. The molecule has 1 aromatic heterocycles. The Labute approximate surface area is 87.0 Å². The van der Waals surface area contributed by atoms with Crippen molar-refractivity contribution in [3.8, 4) is 5.75 Å². The fourth-order valence-corrected chi connectivity index (χ4v) is 0.967. The first kappa shape index (κ1) is 11.0. The van der Waals surface area contributed by atoms with Gasteiger partial charge in [0.2, 0.25) is 11.7 Å². The van der Waals surface area contributed by atoms with Gasteiger partial charge in [0.05, 0.1) is 13.7 Å². The second-order valence-electron chi connectivity index (χ2n) is 2.67. The number of amides is 1. The van der Waals surface area contributed by atoms with Crippen LogP contribution in [0.15, 0.2) is 6.33 Å². The summed E-state index contributed by atoms with van der Waals surface area (Å²) in [6.07, 6.45) is 1.30. The van der Waals surface area contributed by atoms with Gasteiger partial charge in [-0.15, -0.1) is 0 Å². The number of nitrogen functional groups attached to an aromatic ring is 1. The predicted octanol–water partition coefficient (Wildman–Crippen LogP) is -0.775. The largest absolute Gasteiger partial charge is 0.490 e. The molecule has 4 N–H and O–H groups in total. The molecule has 0 atom stereocenters. The van der Waals surface area contributed by atoms with Crippen molar-refractivity contribution in [1.82, 2.24) is 15.3 Å². The minimum Gasteiger partial charge on any atom is -0.490 e. The molecule has 0 aliphatic rings. The second-order valence-corrected chi connectivity index (χ2v) is 2.67. The first-order valence-electron chi connectivity index (χ1n) is 4.28. The first-order chi connectivity index (χ1) is 7.19. The number of hydrogen-bond donors (Lipinski definition) is 3. The van der Waals surface area contributed by atoms with Crippen LogP contribution >= 0.6 is 0 Å². The van der Waals surface area contributed by atoms with Crippen molar-refractivity contribution in [1.29, 1.82) is 0 Å². The SMILES string of the molecule is CNC(=O)CNc1ncnc(N)c1OC. The standard InChI is InChI=1S/C8H13N5O2/c1-10-5(14)3-11-8-6(15-2)7(9)12-4-13-8/h4H,3H2,1-2H3,(H,10,14)(H3,9,11,12,13). The van der Waals surface area contributed by atoms with Crippen LogP contribution in [0.1, 0.15) is 0 Å². The molecule has 1 rings (SSSR count). The lowest BCUT2D eigenvalue weighted by atomic mass is 10.4. The summed E-state index contributed by atoms with van der Waals surface area (Å²) in [7, 11) is 3.01. The summed E-state index contributed by atoms with van der Waals surface area (Å²) in [5.74, 6) is 0.802. The van der Waals surface area contributed by atoms with E-state index < -0.39 is 0 Å². The van der Waals surface area contributed by atoms with E-state index in [1.54, 1.807) is 7.05 Å². The molecule has 0 spiro atoms. The van der Waals surface area contributed by atoms with E-state index in [1.807, 2.05) is 0 Å². The van der Waals surface area contributed by atoms with E-state index in [4.69, 9.17) is 10.5 Å². The molecule has 7 heteroatoms. The molecule has 1 heterocycles. The average Bonchev–Trinajstić information content (AvgIpc) is 2.25. The van der Waals surface area contributed by atoms with Crippen molar-refractivity contribution in [2.24, 2.45) is 0 Å². The Morgan fingerprint density at radius 3 is 2.93 bits per heavy atom. The number of nitrogens with one attached hydrogen (secondary N) is 2. The van der Waals surface area contributed by atoms with Gasteiger partial charge in [0.25, 0.3) is 0 Å². The van der Waals surface area contributed by atoms with Crippen LogP contribution in [0.3, 0.4) is 0 Å². The smallest absolute Gasteiger partial charge is 0.239 e. The summed E-state index contributed by atoms with van der Waals surface area (Å²) in [4.78, 5) is 18.6. The number of carbonyl (C=O) groups is 1. The lowest BCUT2D eigenvalue weighted by molar-refractivity contribution is -0.118. The van der Waals surface area contributed by atoms with Crippen LogP contribution in [0.25, 0.3) is 0 Å². The average molecular weight is 211 g/mol. The number of likely N-dealkylation sites (N-methyl/N-ethyl adjacent to an activating group) is 1. The van der Waals surface area contributed by atoms with Gasteiger partial charge in [-0.05, 0) is 0 Å². The molecule has 15 heavy (non-hydrogen) atoms. The lowest BCUT2D eigenvalue weighted by Crippen LogP contribution is -2.26. The van der Waals surface area contributed by atoms with Gasteiger partial charge in [0, 0.05) is 7.05 Å². The van der Waals surface area contributed by atoms with Crippen LogP contribution in [0.2, 0.25) is 0 Å². The summed E-state index contributed by atoms with van der Waals surface area (Å²) in [6.45, 7) is 0.101. The first-order valence-corrected chi connectivity index (χ1v) is 4.28. The quantitative estimate of drug-likeness (QED) is 0.604. The fraction of sp³-hybridized carbons (Fsp3) is 0.375. The highest BCUT2D eigenvalue weighted by Crippen LogP contribution is 2.25. The van der Waals surface area contributed by atoms with Gasteiger partial charge in [-0.25, -0.2) is 9.97 Å². The van der Waals surface area contributed by atoms with Gasteiger partial charge < -0.3 is 21.1 Å². The van der Waals surface area contributed by atoms with Crippen LogP contribution in [0, 0.1) is 0 Å². The Hall–Kier alpha value is -2.05. The minimum atomic E-state index is -0.158. The zero-order valence-electron chi connectivity index (χ0n) is 8.57. The van der Waals surface area contributed by atoms with Crippen LogP contribution in [0.5, 0.6) is 5.75 Å². The number of anilines is 2. The van der Waals surface area contributed by atoms with Crippen molar-refractivity contribution < 1.29 is 9.53 Å². The summed E-state index contributed by atoms with van der Waals surface area (Å²) >= 11 is 0. The minimum absolute atomic E-state index is 0.101. The van der Waals surface area contributed by atoms with Crippen molar-refractivity contribution in [3.63, 3.8) is 0 Å². The zero-order valence-corrected chi connectivity index (χ0v) is 8.57. The molecule has 0 aromatic carbocycles. The van der Waals surface area contributed by atoms with Gasteiger partial charge in [0.1, 0.15) is 6.33 Å². The summed E-state index contributed by atoms with van der Waals surface area (Å²) in [5, 5.41) is 5.26. The molecule has 0 aliphatic carbocycles. The summed E-state index contributed by atoms with van der Waals surface area (Å²) in [5.41, 5.74) is 5.55. The summed E-state index contributed by atoms with van der Waals surface area (Å²) in [6, 6.07) is 0. The van der Waals surface area contributed by atoms with Gasteiger partial charge in [0.15, 0.2) is 11.6 Å². The summed E-state index contributed by atoms with van der Waals surface area (Å²) < 4.78 is 5.00. The predicted molar refractivity (Wildman–Crippen MR) is 55.6 cm³/mol. The van der Waals surface area contributed by atoms with E-state index in [0.29, 0.717) is 11.6 Å². The fourth-order valence-electron chi connectivity index (χ4n) is 0.967. The number of nitrogens with two attached hydrogens (primary N) is 1. The normalized spacial score (nSPS) is 9.47. The highest BCUT2D eigenvalue weighted by molar-refractivity contribution is 5.80. The van der Waals surface area contributed by atoms with E-state index in [2.05, 4.69) is 20.6 Å². The van der Waals surface area contributed by atoms with Gasteiger partial charge >= 0.3 is 0 Å². The maximum atomic E-state index is 11.0. The molecule has 1 aromatic rings. The molecule has 82 valence electrons. The third-order valence-corrected chi connectivity index (χ3v) is 1.73. The van der Waals surface area contributed by atoms with E-state index in [0.717, 1.165) is 0 Å². The molecule has 0 bridgehead atoms. The topological polar surface area (TPSA) is 102 Å². The van der Waals surface area contributed by atoms with Crippen molar-refractivity contribution in [2.45, 2.75) is 0 Å². The van der Waals surface area contributed by atoms with E-state index in [9.17, 15) is 4.79 Å². The van der Waals surface area contributed by atoms with Crippen molar-refractivity contribution >= 4 is 17.5 Å². The molecule has 0 saturated carbocycles. The van der Waals surface area contributed by atoms with Crippen molar-refractivity contribution in [2.75, 3.05) is 31.8 Å². The van der Waals surface area contributed by atoms with Gasteiger partial charge in [-0.1, -0.05) is 0 Å². The number of ether oxygens (including phenoxy) is 1. The van der Waals surface area contributed by atoms with Crippen molar-refractivity contribution in [3.05, 3.63) is 6.33 Å². The Bertz CT molecular complexity index is 355. The molecule has 7 nitrogen and oxygen atoms in total. The molecule has 0 saturated heterocycles. The van der Waals surface area contributed by atoms with Gasteiger partial charge in [-0.3, -0.25) is 4.79 Å². The lowest BCUT2D eigenvalue weighted by Gasteiger charge is -2.09. The Morgan fingerprint density at radius 1 is 1.60 bits per heavy atom. The Morgan fingerprint density at radius 2 is 2.33 bits per heavy atom. The van der Waals surface area contributed by atoms with E-state index >= 15 is 0 Å². The van der Waals surface area contributed by atoms with Crippen LogP contribution in [-0.4, -0.2) is 36.6 Å². The third kappa shape index (κ3) is 2.70. The number of methoxy groups -OCH3 is 1. The molecular weight excluding hydrogens is 198 g/mol. The highest BCUT2D eigenvalue weighted by Gasteiger charge is 2.09. The number of nitrogens with zero attached hydrogens (tertiary/aromatic N) is 2. The van der Waals surface area contributed by atoms with E-state index in [1.165, 1.54) is 13.4 Å². The molecule has 0 aliphatic heterocycles. The number of aromatic nitrogens is 2. The van der Waals surface area contributed by atoms with Crippen LogP contribution in [0.4, 0.5) is 11.6 Å². The number of hydrogen-bond acceptors (Lipinski definition) is 6. The van der Waals surface area contributed by atoms with Crippen LogP contribution in [-0.2, 0) is 4.79 Å². The third-order valence-electron chi connectivity index (χ3n) is 1.73. The highest BCUT2D eigenvalue weighted by atomic mass is 16.5. The maximum Gasteiger partial charge on any atom is 0.239 e. The number of rotatable bonds is 4. The molecular formula is C8H13N5O2. The Kier molecular flexibility index (Phi) is 3.67. The molecule has 0 fully saturated rings. The van der Waals surface area contributed by atoms with Crippen LogP contribution < -0.4 is 21.1 Å². The molecule has 1 amide bonds. The maximum absolute atomic E-state index is 11.0. The number of carbonyl (C=O) groups excluding carboxylic acids is 1. The van der Waals surface area contributed by atoms with E-state index in [-0.39, 0.29) is 18.3 Å². The molecule has 0 unspecified atom stereocenters.